The van der Waals surface area contributed by atoms with Gasteiger partial charge < -0.3 is 10.8 Å². The first kappa shape index (κ1) is 11.3. The number of nitrogen functional groups attached to an aromatic ring is 1. The number of carbonyl (C=O) groups is 1. The highest BCUT2D eigenvalue weighted by molar-refractivity contribution is 5.88. The lowest BCUT2D eigenvalue weighted by Crippen LogP contribution is -2.20. The summed E-state index contributed by atoms with van der Waals surface area (Å²) in [4.78, 5) is 10.6. The number of nitrogens with two attached hydrogens (primary N) is 1. The number of nitrogens with zero attached hydrogens (tertiary/aromatic N) is 2. The van der Waals surface area contributed by atoms with Crippen LogP contribution in [0.1, 0.15) is 23.0 Å². The summed E-state index contributed by atoms with van der Waals surface area (Å²) < 4.78 is 36.4. The minimum absolute atomic E-state index is 0.0730. The smallest absolute Gasteiger partial charge is 0.476 e. The molecule has 84 valence electrons. The summed E-state index contributed by atoms with van der Waals surface area (Å²) in [6.45, 7) is 1.50. The lowest BCUT2D eigenvalue weighted by atomic mass is 10.2. The number of hydrogen-bond acceptors (Lipinski definition) is 3. The van der Waals surface area contributed by atoms with Gasteiger partial charge in [-0.1, -0.05) is 6.92 Å². The number of halogens is 3. The number of rotatable bonds is 2. The fraction of sp³-hybridized carbons (Fsp3) is 0.429. The minimum atomic E-state index is -4.80. The number of carboxylic acid groups (broad SMARTS) is 1. The zero-order valence-corrected chi connectivity index (χ0v) is 7.67. The third-order valence-electron chi connectivity index (χ3n) is 1.82. The molecule has 1 aromatic rings. The van der Waals surface area contributed by atoms with Crippen molar-refractivity contribution in [3.63, 3.8) is 0 Å². The van der Waals surface area contributed by atoms with Crippen LogP contribution in [-0.4, -0.2) is 20.9 Å². The van der Waals surface area contributed by atoms with E-state index in [4.69, 9.17) is 10.8 Å². The first-order chi connectivity index (χ1) is 6.79. The van der Waals surface area contributed by atoms with Crippen LogP contribution in [0.2, 0.25) is 0 Å². The lowest BCUT2D eigenvalue weighted by Gasteiger charge is -2.07. The summed E-state index contributed by atoms with van der Waals surface area (Å²) in [5, 5.41) is 11.5. The van der Waals surface area contributed by atoms with Gasteiger partial charge in [0.2, 0.25) is 0 Å². The Hall–Kier alpha value is -1.73. The molecule has 0 saturated carbocycles. The molecule has 0 aliphatic carbocycles. The van der Waals surface area contributed by atoms with Crippen molar-refractivity contribution in [2.24, 2.45) is 0 Å². The average molecular weight is 223 g/mol. The molecule has 0 amide bonds. The second kappa shape index (κ2) is 3.44. The minimum Gasteiger partial charge on any atom is -0.476 e. The summed E-state index contributed by atoms with van der Waals surface area (Å²) >= 11 is 0. The van der Waals surface area contributed by atoms with Gasteiger partial charge in [-0.05, 0) is 6.42 Å². The molecule has 0 spiro atoms. The van der Waals surface area contributed by atoms with E-state index in [-0.39, 0.29) is 12.0 Å². The van der Waals surface area contributed by atoms with Crippen molar-refractivity contribution in [3.8, 4) is 0 Å². The van der Waals surface area contributed by atoms with E-state index in [2.05, 4.69) is 5.10 Å². The van der Waals surface area contributed by atoms with Crippen LogP contribution in [0.3, 0.4) is 0 Å². The van der Waals surface area contributed by atoms with Crippen molar-refractivity contribution in [2.45, 2.75) is 19.6 Å². The van der Waals surface area contributed by atoms with E-state index >= 15 is 0 Å². The van der Waals surface area contributed by atoms with Crippen LogP contribution in [0, 0.1) is 0 Å². The van der Waals surface area contributed by atoms with Crippen molar-refractivity contribution >= 4 is 11.8 Å². The van der Waals surface area contributed by atoms with Gasteiger partial charge >= 0.3 is 12.3 Å². The van der Waals surface area contributed by atoms with Gasteiger partial charge in [-0.15, -0.1) is 13.2 Å². The first-order valence-corrected chi connectivity index (χ1v) is 3.96. The predicted octanol–water partition coefficient (Wildman–Crippen LogP) is 1.20. The van der Waals surface area contributed by atoms with Crippen molar-refractivity contribution in [1.82, 2.24) is 9.78 Å². The molecule has 0 aliphatic heterocycles. The Morgan fingerprint density at radius 3 is 2.40 bits per heavy atom. The number of anilines is 1. The van der Waals surface area contributed by atoms with E-state index in [1.165, 1.54) is 6.92 Å². The lowest BCUT2D eigenvalue weighted by molar-refractivity contribution is -0.210. The van der Waals surface area contributed by atoms with Crippen LogP contribution in [0.4, 0.5) is 19.0 Å². The monoisotopic (exact) mass is 223 g/mol. The van der Waals surface area contributed by atoms with Gasteiger partial charge in [0, 0.05) is 5.56 Å². The van der Waals surface area contributed by atoms with Gasteiger partial charge in [-0.2, -0.15) is 9.78 Å². The van der Waals surface area contributed by atoms with Crippen LogP contribution < -0.4 is 5.73 Å². The maximum Gasteiger partial charge on any atom is 0.506 e. The molecule has 0 atom stereocenters. The molecule has 0 aliphatic rings. The fourth-order valence-corrected chi connectivity index (χ4v) is 1.18. The van der Waals surface area contributed by atoms with Crippen LogP contribution in [0.15, 0.2) is 0 Å². The molecule has 1 rings (SSSR count). The Balaban J connectivity index is 3.40. The van der Waals surface area contributed by atoms with Gasteiger partial charge in [0.05, 0.1) is 0 Å². The van der Waals surface area contributed by atoms with Crippen LogP contribution >= 0.6 is 0 Å². The normalized spacial score (nSPS) is 11.7. The molecule has 0 aromatic carbocycles. The summed E-state index contributed by atoms with van der Waals surface area (Å²) in [7, 11) is 0. The highest BCUT2D eigenvalue weighted by Crippen LogP contribution is 2.28. The third-order valence-corrected chi connectivity index (χ3v) is 1.82. The van der Waals surface area contributed by atoms with Crippen LogP contribution in [0.25, 0.3) is 0 Å². The van der Waals surface area contributed by atoms with Gasteiger partial charge in [-0.25, -0.2) is 4.79 Å². The summed E-state index contributed by atoms with van der Waals surface area (Å²) in [5.74, 6) is -2.20. The Morgan fingerprint density at radius 2 is 2.13 bits per heavy atom. The highest BCUT2D eigenvalue weighted by atomic mass is 19.4. The Labute approximate surface area is 82.3 Å². The molecule has 0 unspecified atom stereocenters. The second-order valence-electron chi connectivity index (χ2n) is 2.75. The van der Waals surface area contributed by atoms with Crippen molar-refractivity contribution < 1.29 is 23.1 Å². The van der Waals surface area contributed by atoms with Crippen LogP contribution in [-0.2, 0) is 12.7 Å². The topological polar surface area (TPSA) is 81.1 Å². The van der Waals surface area contributed by atoms with Gasteiger partial charge in [0.15, 0.2) is 5.69 Å². The summed E-state index contributed by atoms with van der Waals surface area (Å²) in [6, 6.07) is 0. The Kier molecular flexibility index (Phi) is 2.61. The Morgan fingerprint density at radius 1 is 1.60 bits per heavy atom. The van der Waals surface area contributed by atoms with Crippen LogP contribution in [0.5, 0.6) is 0 Å². The van der Waals surface area contributed by atoms with Gasteiger partial charge in [0.25, 0.3) is 0 Å². The highest BCUT2D eigenvalue weighted by Gasteiger charge is 2.37. The molecule has 0 bridgehead atoms. The van der Waals surface area contributed by atoms with E-state index in [0.29, 0.717) is 0 Å². The fourth-order valence-electron chi connectivity index (χ4n) is 1.18. The zero-order chi connectivity index (χ0) is 11.8. The molecule has 0 saturated heterocycles. The van der Waals surface area contributed by atoms with E-state index in [1.54, 1.807) is 0 Å². The van der Waals surface area contributed by atoms with E-state index < -0.39 is 28.5 Å². The molecule has 8 heteroatoms. The second-order valence-corrected chi connectivity index (χ2v) is 2.75. The number of aromatic nitrogens is 2. The number of hydrogen-bond donors (Lipinski definition) is 2. The molecular weight excluding hydrogens is 215 g/mol. The number of alkyl halides is 3. The van der Waals surface area contributed by atoms with E-state index in [9.17, 15) is 18.0 Å². The third kappa shape index (κ3) is 1.88. The molecule has 0 radical (unpaired) electrons. The molecule has 1 aromatic heterocycles. The number of aromatic carboxylic acids is 1. The molecular formula is C7H8F3N3O2. The molecule has 5 nitrogen and oxygen atoms in total. The first-order valence-electron chi connectivity index (χ1n) is 3.96. The molecule has 1 heterocycles. The standard InChI is InChI=1S/C7H8F3N3O2/c1-2-3-4(6(14)15)12-13(5(3)11)7(8,9)10/h2,11H2,1H3,(H,14,15). The van der Waals surface area contributed by atoms with Gasteiger partial charge in [0.1, 0.15) is 5.82 Å². The molecule has 0 fully saturated rings. The maximum absolute atomic E-state index is 12.3. The van der Waals surface area contributed by atoms with Crippen molar-refractivity contribution in [2.75, 3.05) is 5.73 Å². The number of carboxylic acids is 1. The average Bonchev–Trinajstić information content (AvgIpc) is 2.41. The summed E-state index contributed by atoms with van der Waals surface area (Å²) in [6.07, 6.45) is -4.73. The quantitative estimate of drug-likeness (QED) is 0.789. The molecule has 15 heavy (non-hydrogen) atoms. The molecule has 3 N–H and O–H groups in total. The SMILES string of the molecule is CCc1c(C(=O)O)nn(C(F)(F)F)c1N. The predicted molar refractivity (Wildman–Crippen MR) is 44.3 cm³/mol. The van der Waals surface area contributed by atoms with Crippen molar-refractivity contribution in [3.05, 3.63) is 11.3 Å². The summed E-state index contributed by atoms with van der Waals surface area (Å²) in [5.41, 5.74) is 4.38. The Bertz CT molecular complexity index is 397. The van der Waals surface area contributed by atoms with Gasteiger partial charge in [-0.3, -0.25) is 0 Å². The maximum atomic E-state index is 12.3. The van der Waals surface area contributed by atoms with Crippen molar-refractivity contribution in [1.29, 1.82) is 0 Å². The largest absolute Gasteiger partial charge is 0.506 e. The van der Waals surface area contributed by atoms with E-state index in [0.717, 1.165) is 0 Å². The van der Waals surface area contributed by atoms with E-state index in [1.807, 2.05) is 0 Å². The zero-order valence-electron chi connectivity index (χ0n) is 7.67.